The second-order valence-electron chi connectivity index (χ2n) is 20.2. The minimum absolute atomic E-state index is 0.0190. The van der Waals surface area contributed by atoms with E-state index in [4.69, 9.17) is 5.73 Å². The summed E-state index contributed by atoms with van der Waals surface area (Å²) in [5.74, 6) is -2.64. The van der Waals surface area contributed by atoms with Gasteiger partial charge in [0.05, 0.1) is 22.8 Å². The number of rotatable bonds is 15. The Labute approximate surface area is 425 Å². The molecule has 0 spiro atoms. The third-order valence-corrected chi connectivity index (χ3v) is 16.1. The van der Waals surface area contributed by atoms with E-state index in [0.717, 1.165) is 36.8 Å². The minimum atomic E-state index is -5.09. The lowest BCUT2D eigenvalue weighted by Gasteiger charge is -2.40. The maximum Gasteiger partial charge on any atom is 0.396 e. The number of aryl methyl sites for hydroxylation is 2. The number of carbonyl (C=O) groups is 7. The van der Waals surface area contributed by atoms with Crippen molar-refractivity contribution in [3.63, 3.8) is 0 Å². The van der Waals surface area contributed by atoms with Crippen LogP contribution in [0.2, 0.25) is 0 Å². The summed E-state index contributed by atoms with van der Waals surface area (Å²) in [4.78, 5) is 138. The molecule has 0 radical (unpaired) electrons. The monoisotopic (exact) mass is 1030 g/mol. The topological polar surface area (TPSA) is 301 Å². The first-order valence-electron chi connectivity index (χ1n) is 25.2. The van der Waals surface area contributed by atoms with Gasteiger partial charge in [-0.05, 0) is 137 Å². The fraction of sp³-hybridized carbons (Fsp3) is 0.442. The first-order chi connectivity index (χ1) is 35.3. The van der Waals surface area contributed by atoms with Crippen LogP contribution in [0.25, 0.3) is 21.9 Å². The lowest BCUT2D eigenvalue weighted by molar-refractivity contribution is -0.146. The number of hydrogen-bond donors (Lipinski definition) is 7. The second kappa shape index (κ2) is 21.3. The van der Waals surface area contributed by atoms with Gasteiger partial charge in [-0.3, -0.25) is 52.2 Å². The molecular formula is C52H61N10O11P. The van der Waals surface area contributed by atoms with Crippen LogP contribution in [0.3, 0.4) is 0 Å². The molecule has 1 unspecified atom stereocenters. The number of aromatic amines is 1. The zero-order valence-electron chi connectivity index (χ0n) is 41.0. The van der Waals surface area contributed by atoms with Gasteiger partial charge in [0.2, 0.25) is 29.5 Å². The number of H-pyrrole nitrogens is 1. The van der Waals surface area contributed by atoms with Gasteiger partial charge >= 0.3 is 13.3 Å². The highest BCUT2D eigenvalue weighted by Gasteiger charge is 2.46. The number of hydrogen-bond acceptors (Lipinski definition) is 10. The Hall–Kier alpha value is -7.22. The Morgan fingerprint density at radius 1 is 0.932 bits per heavy atom. The molecule has 0 bridgehead atoms. The van der Waals surface area contributed by atoms with E-state index in [0.29, 0.717) is 78.7 Å². The number of amides is 6. The van der Waals surface area contributed by atoms with Crippen molar-refractivity contribution in [2.75, 3.05) is 13.1 Å². The van der Waals surface area contributed by atoms with Gasteiger partial charge in [-0.1, -0.05) is 18.7 Å². The Bertz CT molecular complexity index is 3170. The van der Waals surface area contributed by atoms with Crippen LogP contribution in [0, 0.1) is 11.8 Å². The number of carbonyl (C=O) groups excluding carboxylic acids is 7. The number of allylic oxidation sites excluding steroid dienone is 1. The number of nitrogens with zero attached hydrogens (tertiary/aromatic N) is 5. The number of nitrogens with two attached hydrogens (primary N) is 1. The average molecular weight is 1030 g/mol. The van der Waals surface area contributed by atoms with Gasteiger partial charge in [-0.25, -0.2) is 4.79 Å². The summed E-state index contributed by atoms with van der Waals surface area (Å²) < 4.78 is 14.9. The molecule has 5 atom stereocenters. The largest absolute Gasteiger partial charge is 0.396 e. The standard InChI is InChI=1S/C52H61N10O11P/c1-29-6-18-43(47(65)55-29)62-41-19-11-31(25-44(41)59(2)52(62)70)8-7-30-9-12-32(13-10-30)49(67)60-24-22-35-15-20-42(48(66)57-38(17-21-45(53)63)37-5-3-4-23-54-37)61(35)50(68)40(28-60)58-46(64)39-27-34-26-33(14-16-36(34)56-39)51(69)74(71,72)73/h3-5,11,14,16,19,23,25-27,30,32,35,38,40,42-43,56H,1,6-10,12-13,15,17-18,20-22,24,28H2,2H3,(H2,53,63)(H,55,65)(H,57,66)(H,58,64)(H2,71,72,73)/t30-,32+,35-,38+,40+,42+,43?/m1/s1. The number of benzene rings is 2. The quantitative estimate of drug-likeness (QED) is 0.0738. The molecule has 9 rings (SSSR count). The van der Waals surface area contributed by atoms with E-state index in [9.17, 15) is 52.7 Å². The van der Waals surface area contributed by atoms with Crippen molar-refractivity contribution in [3.05, 3.63) is 112 Å². The molecule has 4 aliphatic rings. The SMILES string of the molecule is C=C1CCC(n2c(=O)n(C)c3cc(CC[C@H]4CC[C@@H](C(=O)N5CC[C@H]6CC[C@@H](C(=O)N[C@@H](CCC(N)=O)c7ccccn7)N6C(=O)[C@@H](NC(=O)c6cc7cc(C(=O)P(=O)(O)O)ccc7[nH]6)C5)CC4)ccc32)C(=O)N1. The van der Waals surface area contributed by atoms with Crippen molar-refractivity contribution < 1.29 is 47.9 Å². The molecule has 1 saturated carbocycles. The summed E-state index contributed by atoms with van der Waals surface area (Å²) in [6.07, 6.45) is 8.45. The van der Waals surface area contributed by atoms with Gasteiger partial charge in [0.25, 0.3) is 11.4 Å². The van der Waals surface area contributed by atoms with Gasteiger partial charge in [0, 0.05) is 66.9 Å². The molecule has 3 aliphatic heterocycles. The molecule has 1 aliphatic carbocycles. The molecule has 6 heterocycles. The lowest BCUT2D eigenvalue weighted by atomic mass is 9.79. The predicted molar refractivity (Wildman–Crippen MR) is 271 cm³/mol. The highest BCUT2D eigenvalue weighted by atomic mass is 31.2. The number of imidazole rings is 1. The van der Waals surface area contributed by atoms with E-state index in [1.165, 1.54) is 29.2 Å². The molecule has 21 nitrogen and oxygen atoms in total. The van der Waals surface area contributed by atoms with Gasteiger partial charge in [0.15, 0.2) is 0 Å². The van der Waals surface area contributed by atoms with Gasteiger partial charge in [0.1, 0.15) is 23.8 Å². The van der Waals surface area contributed by atoms with E-state index in [1.54, 1.807) is 45.5 Å². The van der Waals surface area contributed by atoms with Crippen molar-refractivity contribution in [2.45, 2.75) is 114 Å². The van der Waals surface area contributed by atoms with Crippen molar-refractivity contribution in [1.29, 1.82) is 0 Å². The fourth-order valence-electron chi connectivity index (χ4n) is 11.4. The summed E-state index contributed by atoms with van der Waals surface area (Å²) in [5.41, 5.74) is 7.62. The molecule has 74 heavy (non-hydrogen) atoms. The molecule has 5 aromatic rings. The van der Waals surface area contributed by atoms with Crippen LogP contribution in [0.5, 0.6) is 0 Å². The third-order valence-electron chi connectivity index (χ3n) is 15.4. The van der Waals surface area contributed by atoms with Crippen LogP contribution in [0.15, 0.2) is 83.9 Å². The fourth-order valence-corrected chi connectivity index (χ4v) is 11.8. The molecule has 390 valence electrons. The zero-order chi connectivity index (χ0) is 52.6. The van der Waals surface area contributed by atoms with Crippen LogP contribution < -0.4 is 27.4 Å². The Balaban J connectivity index is 0.895. The summed E-state index contributed by atoms with van der Waals surface area (Å²) in [6, 6.07) is 12.4. The van der Waals surface area contributed by atoms with Gasteiger partial charge in [-0.2, -0.15) is 0 Å². The molecular weight excluding hydrogens is 972 g/mol. The highest BCUT2D eigenvalue weighted by Crippen LogP contribution is 2.40. The van der Waals surface area contributed by atoms with Crippen LogP contribution in [-0.2, 0) is 42.0 Å². The molecule has 8 N–H and O–H groups in total. The molecule has 6 amide bonds. The minimum Gasteiger partial charge on any atom is -0.370 e. The van der Waals surface area contributed by atoms with E-state index in [2.05, 4.69) is 32.5 Å². The van der Waals surface area contributed by atoms with Crippen LogP contribution in [0.4, 0.5) is 0 Å². The number of pyridine rings is 1. The van der Waals surface area contributed by atoms with Gasteiger partial charge < -0.3 is 46.3 Å². The van der Waals surface area contributed by atoms with Crippen molar-refractivity contribution in [3.8, 4) is 0 Å². The smallest absolute Gasteiger partial charge is 0.370 e. The third kappa shape index (κ3) is 10.9. The van der Waals surface area contributed by atoms with Crippen molar-refractivity contribution >= 4 is 70.5 Å². The Kier molecular flexibility index (Phi) is 14.9. The summed E-state index contributed by atoms with van der Waals surface area (Å²) >= 11 is 0. The van der Waals surface area contributed by atoms with E-state index >= 15 is 0 Å². The summed E-state index contributed by atoms with van der Waals surface area (Å²) in [5, 5.41) is 8.92. The number of primary amides is 1. The predicted octanol–water partition coefficient (Wildman–Crippen LogP) is 3.75. The lowest BCUT2D eigenvalue weighted by Crippen LogP contribution is -2.61. The maximum atomic E-state index is 15.0. The summed E-state index contributed by atoms with van der Waals surface area (Å²) in [7, 11) is -3.38. The molecule has 22 heteroatoms. The normalized spacial score (nSPS) is 22.9. The van der Waals surface area contributed by atoms with E-state index in [1.807, 2.05) is 18.2 Å². The molecule has 3 saturated heterocycles. The Morgan fingerprint density at radius 2 is 1.72 bits per heavy atom. The molecule has 4 fully saturated rings. The molecule has 3 aromatic heterocycles. The zero-order valence-corrected chi connectivity index (χ0v) is 41.9. The first kappa shape index (κ1) is 51.7. The summed E-state index contributed by atoms with van der Waals surface area (Å²) in [6.45, 7) is 3.94. The number of piperidine rings is 1. The van der Waals surface area contributed by atoms with E-state index in [-0.39, 0.29) is 60.6 Å². The maximum absolute atomic E-state index is 15.0. The number of nitrogens with one attached hydrogen (secondary N) is 4. The van der Waals surface area contributed by atoms with Crippen molar-refractivity contribution in [1.82, 2.24) is 44.9 Å². The van der Waals surface area contributed by atoms with Crippen LogP contribution in [0.1, 0.15) is 121 Å². The highest BCUT2D eigenvalue weighted by molar-refractivity contribution is 7.70. The first-order valence-corrected chi connectivity index (χ1v) is 26.8. The van der Waals surface area contributed by atoms with Crippen LogP contribution >= 0.6 is 7.60 Å². The van der Waals surface area contributed by atoms with Gasteiger partial charge in [-0.15, -0.1) is 0 Å². The van der Waals surface area contributed by atoms with Crippen LogP contribution in [-0.4, -0.2) is 111 Å². The van der Waals surface area contributed by atoms with Crippen molar-refractivity contribution in [2.24, 2.45) is 24.6 Å². The Morgan fingerprint density at radius 3 is 2.43 bits per heavy atom. The number of fused-ring (bicyclic) bond motifs is 3. The average Bonchev–Trinajstić information content (AvgIpc) is 4.08. The second-order valence-corrected chi connectivity index (χ2v) is 21.7. The number of aromatic nitrogens is 4. The van der Waals surface area contributed by atoms with E-state index < -0.39 is 67.0 Å². The molecule has 2 aromatic carbocycles.